The first-order chi connectivity index (χ1) is 15.4. The Kier molecular flexibility index (Phi) is 7.74. The Morgan fingerprint density at radius 3 is 2.66 bits per heavy atom. The van der Waals surface area contributed by atoms with Crippen molar-refractivity contribution in [2.24, 2.45) is 0 Å². The Labute approximate surface area is 202 Å². The Hall–Kier alpha value is -1.64. The van der Waals surface area contributed by atoms with Crippen LogP contribution in [0.15, 0.2) is 41.3 Å². The zero-order valence-electron chi connectivity index (χ0n) is 18.6. The molecule has 0 N–H and O–H groups in total. The molecule has 170 valence electrons. The summed E-state index contributed by atoms with van der Waals surface area (Å²) in [5, 5.41) is 1.90. The van der Waals surface area contributed by atoms with E-state index in [2.05, 4.69) is 18.7 Å². The maximum Gasteiger partial charge on any atom is 0.260 e. The highest BCUT2D eigenvalue weighted by molar-refractivity contribution is 7.99. The van der Waals surface area contributed by atoms with Gasteiger partial charge in [-0.15, -0.1) is 11.8 Å². The summed E-state index contributed by atoms with van der Waals surface area (Å²) < 4.78 is 6.46. The molecule has 3 aromatic rings. The summed E-state index contributed by atoms with van der Waals surface area (Å²) in [4.78, 5) is 23.8. The van der Waals surface area contributed by atoms with Crippen molar-refractivity contribution < 1.29 is 9.53 Å². The van der Waals surface area contributed by atoms with E-state index in [9.17, 15) is 4.79 Å². The second-order valence-corrected chi connectivity index (χ2v) is 11.3. The summed E-state index contributed by atoms with van der Waals surface area (Å²) in [5.74, 6) is -0.0258. The van der Waals surface area contributed by atoms with Crippen molar-refractivity contribution >= 4 is 56.0 Å². The van der Waals surface area contributed by atoms with Crippen LogP contribution in [0, 0.1) is 6.92 Å². The third-order valence-corrected chi connectivity index (χ3v) is 7.59. The summed E-state index contributed by atoms with van der Waals surface area (Å²) >= 11 is 9.57. The lowest BCUT2D eigenvalue weighted by Crippen LogP contribution is -2.43. The van der Waals surface area contributed by atoms with Crippen LogP contribution in [-0.2, 0) is 4.74 Å². The lowest BCUT2D eigenvalue weighted by molar-refractivity contribution is 0.0391. The number of nitrogens with zero attached hydrogens (tertiary/aromatic N) is 3. The molecule has 0 aliphatic carbocycles. The maximum atomic E-state index is 13.6. The number of carbonyl (C=O) groups excluding carboxylic acids is 1. The molecule has 1 aliphatic heterocycles. The number of halogens is 1. The van der Waals surface area contributed by atoms with Gasteiger partial charge in [-0.25, -0.2) is 4.98 Å². The molecule has 1 aliphatic rings. The van der Waals surface area contributed by atoms with Crippen molar-refractivity contribution in [3.8, 4) is 0 Å². The van der Waals surface area contributed by atoms with Gasteiger partial charge in [-0.2, -0.15) is 0 Å². The molecule has 1 amide bonds. The highest BCUT2D eigenvalue weighted by Crippen LogP contribution is 2.34. The molecule has 8 heteroatoms. The Balaban J connectivity index is 1.62. The minimum absolute atomic E-state index is 0.0258. The van der Waals surface area contributed by atoms with Crippen LogP contribution in [0.4, 0.5) is 5.13 Å². The van der Waals surface area contributed by atoms with Crippen LogP contribution in [0.25, 0.3) is 10.2 Å². The summed E-state index contributed by atoms with van der Waals surface area (Å²) in [6, 6.07) is 11.7. The number of amides is 1. The van der Waals surface area contributed by atoms with Gasteiger partial charge in [-0.1, -0.05) is 36.8 Å². The molecule has 2 aromatic carbocycles. The number of fused-ring (bicyclic) bond motifs is 1. The SMILES string of the molecule is Cc1cc(Cl)cc2sc(N(CCN3CCOCC3)C(=O)c3ccc(SC(C)C)cc3)nc12. The number of hydrogen-bond acceptors (Lipinski definition) is 6. The van der Waals surface area contributed by atoms with Gasteiger partial charge >= 0.3 is 0 Å². The molecule has 5 nitrogen and oxygen atoms in total. The van der Waals surface area contributed by atoms with Crippen molar-refractivity contribution in [3.05, 3.63) is 52.5 Å². The third-order valence-electron chi connectivity index (χ3n) is 5.33. The first-order valence-corrected chi connectivity index (χ1v) is 12.9. The van der Waals surface area contributed by atoms with Gasteiger partial charge < -0.3 is 4.74 Å². The van der Waals surface area contributed by atoms with E-state index in [0.29, 0.717) is 27.5 Å². The van der Waals surface area contributed by atoms with Gasteiger partial charge in [-0.05, 0) is 48.9 Å². The van der Waals surface area contributed by atoms with Crippen molar-refractivity contribution in [1.82, 2.24) is 9.88 Å². The number of anilines is 1. The Morgan fingerprint density at radius 2 is 1.97 bits per heavy atom. The number of thiazole rings is 1. The zero-order chi connectivity index (χ0) is 22.7. The fraction of sp³-hybridized carbons (Fsp3) is 0.417. The Morgan fingerprint density at radius 1 is 1.25 bits per heavy atom. The van der Waals surface area contributed by atoms with Gasteiger partial charge in [0.25, 0.3) is 5.91 Å². The van der Waals surface area contributed by atoms with Gasteiger partial charge in [0.05, 0.1) is 23.4 Å². The van der Waals surface area contributed by atoms with Crippen LogP contribution in [-0.4, -0.2) is 60.4 Å². The van der Waals surface area contributed by atoms with E-state index >= 15 is 0 Å². The molecule has 0 bridgehead atoms. The number of hydrogen-bond donors (Lipinski definition) is 0. The number of aryl methyl sites for hydroxylation is 1. The van der Waals surface area contributed by atoms with Crippen molar-refractivity contribution in [2.45, 2.75) is 30.9 Å². The maximum absolute atomic E-state index is 13.6. The minimum atomic E-state index is -0.0258. The highest BCUT2D eigenvalue weighted by atomic mass is 35.5. The predicted octanol–water partition coefficient (Wildman–Crippen LogP) is 5.74. The van der Waals surface area contributed by atoms with Gasteiger partial charge in [0.15, 0.2) is 5.13 Å². The monoisotopic (exact) mass is 489 g/mol. The lowest BCUT2D eigenvalue weighted by Gasteiger charge is -2.29. The second kappa shape index (κ2) is 10.5. The van der Waals surface area contributed by atoms with Crippen LogP contribution in [0.2, 0.25) is 5.02 Å². The first kappa shape index (κ1) is 23.5. The second-order valence-electron chi connectivity index (χ2n) is 8.17. The van der Waals surface area contributed by atoms with Gasteiger partial charge in [-0.3, -0.25) is 14.6 Å². The Bertz CT molecular complexity index is 1080. The smallest absolute Gasteiger partial charge is 0.260 e. The number of benzene rings is 2. The van der Waals surface area contributed by atoms with Crippen molar-refractivity contribution in [3.63, 3.8) is 0 Å². The van der Waals surface area contributed by atoms with E-state index < -0.39 is 0 Å². The molecular formula is C24H28ClN3O2S2. The van der Waals surface area contributed by atoms with E-state index in [1.165, 1.54) is 16.2 Å². The first-order valence-electron chi connectivity index (χ1n) is 10.9. The third kappa shape index (κ3) is 5.64. The quantitative estimate of drug-likeness (QED) is 0.396. The number of ether oxygens (including phenoxy) is 1. The van der Waals surface area contributed by atoms with Crippen LogP contribution >= 0.6 is 34.7 Å². The van der Waals surface area contributed by atoms with Crippen LogP contribution in [0.1, 0.15) is 29.8 Å². The topological polar surface area (TPSA) is 45.7 Å². The molecule has 4 rings (SSSR count). The van der Waals surface area contributed by atoms with E-state index in [0.717, 1.165) is 48.6 Å². The number of carbonyl (C=O) groups is 1. The summed E-state index contributed by atoms with van der Waals surface area (Å²) in [6.45, 7) is 10.9. The molecule has 0 saturated carbocycles. The molecule has 1 fully saturated rings. The van der Waals surface area contributed by atoms with Crippen LogP contribution in [0.5, 0.6) is 0 Å². The molecular weight excluding hydrogens is 462 g/mol. The lowest BCUT2D eigenvalue weighted by atomic mass is 10.2. The van der Waals surface area contributed by atoms with Gasteiger partial charge in [0.1, 0.15) is 0 Å². The minimum Gasteiger partial charge on any atom is -0.379 e. The van der Waals surface area contributed by atoms with Gasteiger partial charge in [0, 0.05) is 46.9 Å². The molecule has 1 aromatic heterocycles. The summed E-state index contributed by atoms with van der Waals surface area (Å²) in [5.41, 5.74) is 2.60. The van der Waals surface area contributed by atoms with E-state index in [4.69, 9.17) is 21.3 Å². The molecule has 1 saturated heterocycles. The fourth-order valence-corrected chi connectivity index (χ4v) is 5.99. The summed E-state index contributed by atoms with van der Waals surface area (Å²) in [7, 11) is 0. The average molecular weight is 490 g/mol. The highest BCUT2D eigenvalue weighted by Gasteiger charge is 2.23. The van der Waals surface area contributed by atoms with Gasteiger partial charge in [0.2, 0.25) is 0 Å². The molecule has 0 radical (unpaired) electrons. The zero-order valence-corrected chi connectivity index (χ0v) is 21.0. The number of rotatable bonds is 7. The largest absolute Gasteiger partial charge is 0.379 e. The number of thioether (sulfide) groups is 1. The summed E-state index contributed by atoms with van der Waals surface area (Å²) in [6.07, 6.45) is 0. The van der Waals surface area contributed by atoms with Crippen LogP contribution < -0.4 is 4.90 Å². The van der Waals surface area contributed by atoms with Crippen molar-refractivity contribution in [2.75, 3.05) is 44.3 Å². The van der Waals surface area contributed by atoms with E-state index in [1.807, 2.05) is 48.2 Å². The average Bonchev–Trinajstić information content (AvgIpc) is 3.18. The molecule has 0 atom stereocenters. The number of aromatic nitrogens is 1. The molecule has 0 spiro atoms. The number of morpholine rings is 1. The normalized spacial score (nSPS) is 14.9. The van der Waals surface area contributed by atoms with E-state index in [1.54, 1.807) is 11.8 Å². The fourth-order valence-electron chi connectivity index (χ4n) is 3.71. The molecule has 0 unspecified atom stereocenters. The predicted molar refractivity (Wildman–Crippen MR) is 136 cm³/mol. The van der Waals surface area contributed by atoms with Crippen molar-refractivity contribution in [1.29, 1.82) is 0 Å². The molecule has 32 heavy (non-hydrogen) atoms. The van der Waals surface area contributed by atoms with Crippen LogP contribution in [0.3, 0.4) is 0 Å². The molecule has 2 heterocycles. The standard InChI is InChI=1S/C24H28ClN3O2S2/c1-16(2)31-20-6-4-18(5-7-20)23(29)28(9-8-27-10-12-30-13-11-27)24-26-22-17(3)14-19(25)15-21(22)32-24/h4-7,14-16H,8-13H2,1-3H3. The van der Waals surface area contributed by atoms with E-state index in [-0.39, 0.29) is 5.91 Å².